The van der Waals surface area contributed by atoms with Crippen molar-refractivity contribution < 1.29 is 9.53 Å². The molecular weight excluding hydrogens is 304 g/mol. The second kappa shape index (κ2) is 6.47. The van der Waals surface area contributed by atoms with Crippen LogP contribution < -0.4 is 15.0 Å². The van der Waals surface area contributed by atoms with Gasteiger partial charge in [0.05, 0.1) is 12.1 Å². The number of rotatable bonds is 3. The molecule has 0 radical (unpaired) electrons. The number of para-hydroxylation sites is 1. The molecule has 1 saturated heterocycles. The number of nitrogens with zero attached hydrogens (tertiary/aromatic N) is 3. The second-order valence-electron chi connectivity index (χ2n) is 6.26. The molecule has 2 aliphatic rings. The molecule has 1 unspecified atom stereocenters. The van der Waals surface area contributed by atoms with E-state index in [1.807, 2.05) is 24.3 Å². The van der Waals surface area contributed by atoms with Gasteiger partial charge in [0.25, 0.3) is 0 Å². The number of carbonyl (C=O) groups is 1. The molecule has 1 N–H and O–H groups in total. The van der Waals surface area contributed by atoms with Crippen molar-refractivity contribution in [2.45, 2.75) is 19.3 Å². The number of anilines is 2. The summed E-state index contributed by atoms with van der Waals surface area (Å²) >= 11 is 0. The van der Waals surface area contributed by atoms with Crippen LogP contribution in [0.15, 0.2) is 36.8 Å². The molecule has 0 aliphatic carbocycles. The van der Waals surface area contributed by atoms with Gasteiger partial charge in [0.2, 0.25) is 5.91 Å². The highest BCUT2D eigenvalue weighted by Gasteiger charge is 2.27. The van der Waals surface area contributed by atoms with Crippen LogP contribution in [0.5, 0.6) is 5.75 Å². The van der Waals surface area contributed by atoms with E-state index in [9.17, 15) is 4.79 Å². The zero-order valence-corrected chi connectivity index (χ0v) is 13.4. The Kier molecular flexibility index (Phi) is 4.02. The maximum absolute atomic E-state index is 12.7. The highest BCUT2D eigenvalue weighted by molar-refractivity contribution is 5.95. The molecule has 1 aromatic carbocycles. The lowest BCUT2D eigenvalue weighted by atomic mass is 9.96. The number of hydrogen-bond acceptors (Lipinski definition) is 5. The Bertz CT molecular complexity index is 743. The fourth-order valence-electron chi connectivity index (χ4n) is 3.32. The van der Waals surface area contributed by atoms with E-state index in [0.29, 0.717) is 18.7 Å². The summed E-state index contributed by atoms with van der Waals surface area (Å²) in [4.78, 5) is 23.3. The second-order valence-corrected chi connectivity index (χ2v) is 6.26. The molecular formula is C18H20N4O2. The van der Waals surface area contributed by atoms with Gasteiger partial charge in [0, 0.05) is 13.1 Å². The number of amides is 1. The zero-order valence-electron chi connectivity index (χ0n) is 13.4. The monoisotopic (exact) mass is 324 g/mol. The molecule has 4 rings (SSSR count). The van der Waals surface area contributed by atoms with Crippen LogP contribution in [-0.4, -0.2) is 35.6 Å². The molecule has 124 valence electrons. The molecule has 3 heterocycles. The van der Waals surface area contributed by atoms with E-state index in [0.717, 1.165) is 43.1 Å². The minimum absolute atomic E-state index is 0.0419. The minimum Gasteiger partial charge on any atom is -0.492 e. The van der Waals surface area contributed by atoms with Crippen LogP contribution in [0.4, 0.5) is 11.5 Å². The van der Waals surface area contributed by atoms with Crippen molar-refractivity contribution in [1.82, 2.24) is 9.97 Å². The van der Waals surface area contributed by atoms with Crippen molar-refractivity contribution in [1.29, 1.82) is 0 Å². The molecule has 0 bridgehead atoms. The number of hydrogen-bond donors (Lipinski definition) is 1. The first kappa shape index (κ1) is 14.9. The summed E-state index contributed by atoms with van der Waals surface area (Å²) in [5, 5.41) is 3.00. The van der Waals surface area contributed by atoms with Gasteiger partial charge in [-0.1, -0.05) is 18.2 Å². The molecule has 1 amide bonds. The molecule has 2 aliphatic heterocycles. The largest absolute Gasteiger partial charge is 0.492 e. The summed E-state index contributed by atoms with van der Waals surface area (Å²) in [6, 6.07) is 7.87. The van der Waals surface area contributed by atoms with Crippen LogP contribution >= 0.6 is 0 Å². The Labute approximate surface area is 140 Å². The number of aromatic nitrogens is 2. The van der Waals surface area contributed by atoms with Crippen LogP contribution in [0.25, 0.3) is 0 Å². The van der Waals surface area contributed by atoms with Crippen molar-refractivity contribution in [3.05, 3.63) is 42.4 Å². The molecule has 0 spiro atoms. The van der Waals surface area contributed by atoms with Crippen LogP contribution in [0.2, 0.25) is 0 Å². The maximum atomic E-state index is 12.7. The number of fused-ring (bicyclic) bond motifs is 1. The molecule has 1 fully saturated rings. The summed E-state index contributed by atoms with van der Waals surface area (Å²) in [7, 11) is 0. The third kappa shape index (κ3) is 2.91. The third-order valence-electron chi connectivity index (χ3n) is 4.60. The fraction of sp³-hybridized carbons (Fsp3) is 0.389. The van der Waals surface area contributed by atoms with Crippen LogP contribution in [-0.2, 0) is 11.2 Å². The van der Waals surface area contributed by atoms with Gasteiger partial charge in [0.1, 0.15) is 24.4 Å². The van der Waals surface area contributed by atoms with Crippen LogP contribution in [0.1, 0.15) is 18.4 Å². The first-order valence-electron chi connectivity index (χ1n) is 8.38. The summed E-state index contributed by atoms with van der Waals surface area (Å²) < 4.78 is 5.72. The smallest absolute Gasteiger partial charge is 0.231 e. The van der Waals surface area contributed by atoms with E-state index in [-0.39, 0.29) is 11.8 Å². The summed E-state index contributed by atoms with van der Waals surface area (Å²) in [6.45, 7) is 2.34. The van der Waals surface area contributed by atoms with Gasteiger partial charge in [-0.25, -0.2) is 9.97 Å². The van der Waals surface area contributed by atoms with Crippen molar-refractivity contribution in [3.8, 4) is 5.75 Å². The minimum atomic E-state index is -0.202. The number of ether oxygens (including phenoxy) is 1. The van der Waals surface area contributed by atoms with E-state index in [1.54, 1.807) is 6.20 Å². The quantitative estimate of drug-likeness (QED) is 0.938. The normalized spacial score (nSPS) is 19.5. The Morgan fingerprint density at radius 1 is 1.25 bits per heavy atom. The Morgan fingerprint density at radius 3 is 2.96 bits per heavy atom. The van der Waals surface area contributed by atoms with E-state index < -0.39 is 0 Å². The Balaban J connectivity index is 1.49. The number of nitrogens with one attached hydrogen (secondary N) is 1. The maximum Gasteiger partial charge on any atom is 0.231 e. The molecule has 1 atom stereocenters. The first-order chi connectivity index (χ1) is 11.8. The molecule has 1 aromatic heterocycles. The average molecular weight is 324 g/mol. The van der Waals surface area contributed by atoms with Crippen molar-refractivity contribution in [2.24, 2.45) is 5.92 Å². The van der Waals surface area contributed by atoms with E-state index >= 15 is 0 Å². The van der Waals surface area contributed by atoms with Crippen LogP contribution in [0, 0.1) is 5.92 Å². The zero-order chi connectivity index (χ0) is 16.4. The van der Waals surface area contributed by atoms with E-state index in [2.05, 4.69) is 20.2 Å². The average Bonchev–Trinajstić information content (AvgIpc) is 3.16. The summed E-state index contributed by atoms with van der Waals surface area (Å²) in [6.07, 6.45) is 6.21. The predicted octanol–water partition coefficient (Wildman–Crippen LogP) is 2.27. The lowest BCUT2D eigenvalue weighted by Crippen LogP contribution is -2.33. The van der Waals surface area contributed by atoms with Gasteiger partial charge < -0.3 is 15.0 Å². The molecule has 2 aromatic rings. The topological polar surface area (TPSA) is 67.4 Å². The standard InChI is InChI=1S/C18H20N4O2/c23-18(14-9-13-5-1-2-6-16(13)24-11-14)21-15-10-19-12-20-17(15)22-7-3-4-8-22/h1-2,5-6,10,12,14H,3-4,7-9,11H2,(H,21,23). The highest BCUT2D eigenvalue weighted by Crippen LogP contribution is 2.29. The summed E-state index contributed by atoms with van der Waals surface area (Å²) in [5.41, 5.74) is 1.76. The third-order valence-corrected chi connectivity index (χ3v) is 4.60. The molecule has 24 heavy (non-hydrogen) atoms. The number of benzene rings is 1. The fourth-order valence-corrected chi connectivity index (χ4v) is 3.32. The molecule has 0 saturated carbocycles. The van der Waals surface area contributed by atoms with Gasteiger partial charge in [-0.05, 0) is 30.9 Å². The van der Waals surface area contributed by atoms with Crippen LogP contribution in [0.3, 0.4) is 0 Å². The predicted molar refractivity (Wildman–Crippen MR) is 91.2 cm³/mol. The number of carbonyl (C=O) groups excluding carboxylic acids is 1. The van der Waals surface area contributed by atoms with Gasteiger partial charge in [-0.2, -0.15) is 0 Å². The summed E-state index contributed by atoms with van der Waals surface area (Å²) in [5.74, 6) is 1.45. The molecule has 6 heteroatoms. The SMILES string of the molecule is O=C(Nc1cncnc1N1CCCC1)C1COc2ccccc2C1. The van der Waals surface area contributed by atoms with Gasteiger partial charge >= 0.3 is 0 Å². The Hall–Kier alpha value is -2.63. The van der Waals surface area contributed by atoms with Gasteiger partial charge in [-0.3, -0.25) is 4.79 Å². The van der Waals surface area contributed by atoms with E-state index in [1.165, 1.54) is 6.33 Å². The van der Waals surface area contributed by atoms with Crippen molar-refractivity contribution >= 4 is 17.4 Å². The molecule has 6 nitrogen and oxygen atoms in total. The lowest BCUT2D eigenvalue weighted by molar-refractivity contribution is -0.121. The van der Waals surface area contributed by atoms with Crippen molar-refractivity contribution in [3.63, 3.8) is 0 Å². The first-order valence-corrected chi connectivity index (χ1v) is 8.38. The van der Waals surface area contributed by atoms with Gasteiger partial charge in [0.15, 0.2) is 5.82 Å². The van der Waals surface area contributed by atoms with E-state index in [4.69, 9.17) is 4.74 Å². The van der Waals surface area contributed by atoms with Gasteiger partial charge in [-0.15, -0.1) is 0 Å². The lowest BCUT2D eigenvalue weighted by Gasteiger charge is -2.25. The Morgan fingerprint density at radius 2 is 2.08 bits per heavy atom. The van der Waals surface area contributed by atoms with Crippen molar-refractivity contribution in [2.75, 3.05) is 29.9 Å². The highest BCUT2D eigenvalue weighted by atomic mass is 16.5.